The van der Waals surface area contributed by atoms with Gasteiger partial charge in [-0.05, 0) is 24.5 Å². The molecule has 0 bridgehead atoms. The fourth-order valence-electron chi connectivity index (χ4n) is 2.53. The van der Waals surface area contributed by atoms with Crippen LogP contribution in [0.2, 0.25) is 0 Å². The molecular formula is C15H21NO3S. The second-order valence-corrected chi connectivity index (χ2v) is 7.17. The number of sulfonamides is 1. The molecule has 5 heteroatoms. The normalized spacial score (nSPS) is 20.2. The molecule has 1 aliphatic rings. The number of hydrogen-bond acceptors (Lipinski definition) is 3. The Labute approximate surface area is 120 Å². The summed E-state index contributed by atoms with van der Waals surface area (Å²) in [5.74, 6) is 0.417. The van der Waals surface area contributed by atoms with Gasteiger partial charge in [0.25, 0.3) is 0 Å². The second-order valence-electron chi connectivity index (χ2n) is 5.23. The van der Waals surface area contributed by atoms with Crippen LogP contribution in [-0.4, -0.2) is 31.6 Å². The van der Waals surface area contributed by atoms with E-state index in [4.69, 9.17) is 0 Å². The molecule has 1 fully saturated rings. The smallest absolute Gasteiger partial charge is 0.243 e. The molecule has 4 nitrogen and oxygen atoms in total. The van der Waals surface area contributed by atoms with Crippen LogP contribution in [0.25, 0.3) is 0 Å². The van der Waals surface area contributed by atoms with Crippen LogP contribution in [0, 0.1) is 5.92 Å². The Bertz CT molecular complexity index is 595. The molecule has 0 aliphatic carbocycles. The van der Waals surface area contributed by atoms with Gasteiger partial charge < -0.3 is 0 Å². The molecule has 1 unspecified atom stereocenters. The largest absolute Gasteiger partial charge is 0.294 e. The lowest BCUT2D eigenvalue weighted by molar-refractivity contribution is 0.0988. The van der Waals surface area contributed by atoms with Gasteiger partial charge in [-0.2, -0.15) is 4.31 Å². The first kappa shape index (κ1) is 15.2. The average molecular weight is 295 g/mol. The van der Waals surface area contributed by atoms with Gasteiger partial charge in [0.05, 0.1) is 4.90 Å². The lowest BCUT2D eigenvalue weighted by Crippen LogP contribution is -2.29. The van der Waals surface area contributed by atoms with Crippen molar-refractivity contribution < 1.29 is 13.2 Å². The highest BCUT2D eigenvalue weighted by Gasteiger charge is 2.31. The van der Waals surface area contributed by atoms with Crippen LogP contribution >= 0.6 is 0 Å². The quantitative estimate of drug-likeness (QED) is 0.785. The Hall–Kier alpha value is -1.20. The van der Waals surface area contributed by atoms with Gasteiger partial charge in [0, 0.05) is 25.1 Å². The minimum atomic E-state index is -3.46. The van der Waals surface area contributed by atoms with Crippen molar-refractivity contribution in [1.29, 1.82) is 0 Å². The minimum Gasteiger partial charge on any atom is -0.294 e. The zero-order valence-corrected chi connectivity index (χ0v) is 12.8. The number of nitrogens with zero attached hydrogens (tertiary/aromatic N) is 1. The van der Waals surface area contributed by atoms with Crippen LogP contribution in [0.5, 0.6) is 0 Å². The van der Waals surface area contributed by atoms with Crippen molar-refractivity contribution in [1.82, 2.24) is 4.31 Å². The Morgan fingerprint density at radius 2 is 2.10 bits per heavy atom. The van der Waals surface area contributed by atoms with Crippen molar-refractivity contribution in [3.05, 3.63) is 29.8 Å². The number of rotatable bonds is 5. The third-order valence-electron chi connectivity index (χ3n) is 3.94. The van der Waals surface area contributed by atoms with Gasteiger partial charge in [0.1, 0.15) is 0 Å². The van der Waals surface area contributed by atoms with E-state index in [-0.39, 0.29) is 10.7 Å². The summed E-state index contributed by atoms with van der Waals surface area (Å²) in [5, 5.41) is 0. The van der Waals surface area contributed by atoms with Crippen molar-refractivity contribution >= 4 is 15.8 Å². The summed E-state index contributed by atoms with van der Waals surface area (Å²) >= 11 is 0. The highest BCUT2D eigenvalue weighted by Crippen LogP contribution is 2.26. The molecule has 1 aliphatic heterocycles. The minimum absolute atomic E-state index is 0.0325. The molecule has 1 heterocycles. The van der Waals surface area contributed by atoms with E-state index in [1.54, 1.807) is 25.1 Å². The third-order valence-corrected chi connectivity index (χ3v) is 5.80. The summed E-state index contributed by atoms with van der Waals surface area (Å²) in [5.41, 5.74) is 0.472. The van der Waals surface area contributed by atoms with Crippen LogP contribution < -0.4 is 0 Å². The predicted octanol–water partition coefficient (Wildman–Crippen LogP) is 2.70. The van der Waals surface area contributed by atoms with Crippen molar-refractivity contribution in [3.8, 4) is 0 Å². The highest BCUT2D eigenvalue weighted by molar-refractivity contribution is 7.89. The zero-order chi connectivity index (χ0) is 14.8. The molecule has 1 atom stereocenters. The van der Waals surface area contributed by atoms with E-state index in [0.29, 0.717) is 31.0 Å². The lowest BCUT2D eigenvalue weighted by Gasteiger charge is -2.16. The highest BCUT2D eigenvalue weighted by atomic mass is 32.2. The van der Waals surface area contributed by atoms with E-state index in [1.807, 2.05) is 0 Å². The van der Waals surface area contributed by atoms with Gasteiger partial charge in [0.2, 0.25) is 10.0 Å². The van der Waals surface area contributed by atoms with Crippen LogP contribution in [0.4, 0.5) is 0 Å². The number of hydrogen-bond donors (Lipinski definition) is 0. The maximum Gasteiger partial charge on any atom is 0.243 e. The number of benzene rings is 1. The maximum absolute atomic E-state index is 12.6. The molecule has 0 saturated carbocycles. The molecule has 20 heavy (non-hydrogen) atoms. The Morgan fingerprint density at radius 1 is 1.35 bits per heavy atom. The summed E-state index contributed by atoms with van der Waals surface area (Å²) in [6, 6.07) is 6.38. The van der Waals surface area contributed by atoms with Crippen molar-refractivity contribution in [2.45, 2.75) is 38.0 Å². The predicted molar refractivity (Wildman–Crippen MR) is 78.2 cm³/mol. The molecule has 0 aromatic heterocycles. The number of carbonyl (C=O) groups is 1. The number of Topliss-reactive ketones (excluding diaryl/α,β-unsaturated/α-hetero) is 1. The summed E-state index contributed by atoms with van der Waals surface area (Å²) in [7, 11) is -3.46. The molecule has 1 saturated heterocycles. The van der Waals surface area contributed by atoms with E-state index >= 15 is 0 Å². The third kappa shape index (κ3) is 2.94. The topological polar surface area (TPSA) is 54.5 Å². The van der Waals surface area contributed by atoms with Crippen LogP contribution in [0.1, 0.15) is 43.5 Å². The summed E-state index contributed by atoms with van der Waals surface area (Å²) in [6.07, 6.45) is 2.30. The van der Waals surface area contributed by atoms with Crippen molar-refractivity contribution in [2.24, 2.45) is 5.92 Å². The van der Waals surface area contributed by atoms with Gasteiger partial charge in [-0.1, -0.05) is 32.4 Å². The van der Waals surface area contributed by atoms with Gasteiger partial charge >= 0.3 is 0 Å². The summed E-state index contributed by atoms with van der Waals surface area (Å²) < 4.78 is 26.7. The standard InChI is InChI=1S/C15H21NO3S/c1-3-12-8-9-16(11-12)20(18,19)14-7-5-6-13(10-14)15(17)4-2/h5-7,10,12H,3-4,8-9,11H2,1-2H3. The summed E-state index contributed by atoms with van der Waals surface area (Å²) in [4.78, 5) is 11.9. The Kier molecular flexibility index (Phi) is 4.60. The van der Waals surface area contributed by atoms with Gasteiger partial charge in [-0.3, -0.25) is 4.79 Å². The fourth-order valence-corrected chi connectivity index (χ4v) is 4.11. The zero-order valence-electron chi connectivity index (χ0n) is 12.0. The molecule has 1 aromatic rings. The Balaban J connectivity index is 2.28. The SMILES string of the molecule is CCC(=O)c1cccc(S(=O)(=O)N2CCC(CC)C2)c1. The van der Waals surface area contributed by atoms with Gasteiger partial charge in [-0.25, -0.2) is 8.42 Å². The van der Waals surface area contributed by atoms with E-state index in [1.165, 1.54) is 10.4 Å². The first-order valence-corrected chi connectivity index (χ1v) is 8.56. The van der Waals surface area contributed by atoms with Gasteiger partial charge in [-0.15, -0.1) is 0 Å². The van der Waals surface area contributed by atoms with E-state index < -0.39 is 10.0 Å². The molecular weight excluding hydrogens is 274 g/mol. The van der Waals surface area contributed by atoms with Crippen LogP contribution in [0.3, 0.4) is 0 Å². The van der Waals surface area contributed by atoms with Crippen molar-refractivity contribution in [2.75, 3.05) is 13.1 Å². The Morgan fingerprint density at radius 3 is 2.70 bits per heavy atom. The van der Waals surface area contributed by atoms with Crippen LogP contribution in [0.15, 0.2) is 29.2 Å². The van der Waals surface area contributed by atoms with Crippen LogP contribution in [-0.2, 0) is 10.0 Å². The molecule has 1 aromatic carbocycles. The lowest BCUT2D eigenvalue weighted by atomic mass is 10.1. The number of carbonyl (C=O) groups excluding carboxylic acids is 1. The molecule has 0 radical (unpaired) electrons. The van der Waals surface area contributed by atoms with E-state index in [9.17, 15) is 13.2 Å². The number of ketones is 1. The van der Waals surface area contributed by atoms with E-state index in [0.717, 1.165) is 12.8 Å². The molecule has 0 N–H and O–H groups in total. The monoisotopic (exact) mass is 295 g/mol. The molecule has 2 rings (SSSR count). The maximum atomic E-state index is 12.6. The second kappa shape index (κ2) is 6.06. The van der Waals surface area contributed by atoms with Gasteiger partial charge in [0.15, 0.2) is 5.78 Å². The first-order valence-electron chi connectivity index (χ1n) is 7.12. The first-order chi connectivity index (χ1) is 9.48. The van der Waals surface area contributed by atoms with E-state index in [2.05, 4.69) is 6.92 Å². The fraction of sp³-hybridized carbons (Fsp3) is 0.533. The average Bonchev–Trinajstić information content (AvgIpc) is 2.96. The molecule has 110 valence electrons. The molecule has 0 amide bonds. The summed E-state index contributed by atoms with van der Waals surface area (Å²) in [6.45, 7) is 5.02. The van der Waals surface area contributed by atoms with Crippen molar-refractivity contribution in [3.63, 3.8) is 0 Å². The molecule has 0 spiro atoms.